The van der Waals surface area contributed by atoms with Gasteiger partial charge in [0.2, 0.25) is 0 Å². The molecule has 25 heavy (non-hydrogen) atoms. The van der Waals surface area contributed by atoms with Gasteiger partial charge in [0, 0.05) is 18.2 Å². The van der Waals surface area contributed by atoms with E-state index in [1.807, 2.05) is 0 Å². The number of rotatable bonds is 4. The normalized spacial score (nSPS) is 14.9. The van der Waals surface area contributed by atoms with E-state index in [4.69, 9.17) is 32.2 Å². The highest BCUT2D eigenvalue weighted by Gasteiger charge is 2.06. The molecule has 1 aliphatic rings. The van der Waals surface area contributed by atoms with Crippen LogP contribution in [0.3, 0.4) is 0 Å². The zero-order valence-corrected chi connectivity index (χ0v) is 14.6. The second kappa shape index (κ2) is 13.2. The molecule has 1 unspecified atom stereocenters. The Morgan fingerprint density at radius 1 is 1.36 bits per heavy atom. The molecule has 8 nitrogen and oxygen atoms in total. The average Bonchev–Trinajstić information content (AvgIpc) is 2.62. The lowest BCUT2D eigenvalue weighted by Crippen LogP contribution is -2.37. The summed E-state index contributed by atoms with van der Waals surface area (Å²) in [5.74, 6) is -0.699. The van der Waals surface area contributed by atoms with Crippen LogP contribution in [0.15, 0.2) is 18.2 Å². The van der Waals surface area contributed by atoms with E-state index in [0.717, 1.165) is 0 Å². The number of carbonyl (C=O) groups excluding carboxylic acids is 1. The monoisotopic (exact) mass is 355 g/mol. The SMILES string of the molecule is COc1ccc(C=O)cc1O.NC1CCCCC1.NCC(N)C(=O)O. The molecule has 0 aliphatic heterocycles. The Kier molecular flexibility index (Phi) is 12.0. The van der Waals surface area contributed by atoms with Crippen LogP contribution in [-0.2, 0) is 4.79 Å². The first-order chi connectivity index (χ1) is 11.8. The predicted molar refractivity (Wildman–Crippen MR) is 95.8 cm³/mol. The van der Waals surface area contributed by atoms with Gasteiger partial charge in [-0.2, -0.15) is 0 Å². The molecule has 0 spiro atoms. The Morgan fingerprint density at radius 2 is 1.96 bits per heavy atom. The van der Waals surface area contributed by atoms with Gasteiger partial charge in [0.05, 0.1) is 7.11 Å². The first-order valence-electron chi connectivity index (χ1n) is 8.11. The van der Waals surface area contributed by atoms with E-state index in [2.05, 4.69) is 0 Å². The lowest BCUT2D eigenvalue weighted by molar-refractivity contribution is -0.138. The zero-order chi connectivity index (χ0) is 19.2. The molecule has 0 heterocycles. The van der Waals surface area contributed by atoms with Crippen molar-refractivity contribution in [1.29, 1.82) is 0 Å². The van der Waals surface area contributed by atoms with Gasteiger partial charge in [-0.1, -0.05) is 19.3 Å². The lowest BCUT2D eigenvalue weighted by Gasteiger charge is -2.15. The summed E-state index contributed by atoms with van der Waals surface area (Å²) in [6.45, 7) is -0.00463. The molecule has 0 bridgehead atoms. The van der Waals surface area contributed by atoms with E-state index in [-0.39, 0.29) is 12.3 Å². The summed E-state index contributed by atoms with van der Waals surface area (Å²) in [6, 6.07) is 4.10. The molecule has 1 aliphatic carbocycles. The molecule has 0 amide bonds. The number of ether oxygens (including phenoxy) is 1. The summed E-state index contributed by atoms with van der Waals surface area (Å²) in [7, 11) is 1.45. The van der Waals surface area contributed by atoms with Gasteiger partial charge < -0.3 is 32.2 Å². The zero-order valence-electron chi connectivity index (χ0n) is 14.6. The number of carbonyl (C=O) groups is 2. The van der Waals surface area contributed by atoms with Gasteiger partial charge >= 0.3 is 5.97 Å². The molecular weight excluding hydrogens is 326 g/mol. The standard InChI is InChI=1S/C8H8O3.C6H13N.C3H8N2O2/c1-11-8-3-2-6(5-9)4-7(8)10;7-6-4-2-1-3-5-6;4-1-2(5)3(6)7/h2-5,10H,1H3;6H,1-5,7H2;2H,1,4-5H2,(H,6,7). The fraction of sp³-hybridized carbons (Fsp3) is 0.529. The second-order valence-electron chi connectivity index (χ2n) is 5.63. The van der Waals surface area contributed by atoms with Crippen LogP contribution >= 0.6 is 0 Å². The number of benzene rings is 1. The first kappa shape index (κ1) is 22.8. The van der Waals surface area contributed by atoms with Crippen LogP contribution in [0.5, 0.6) is 11.5 Å². The minimum Gasteiger partial charge on any atom is -0.504 e. The molecule has 142 valence electrons. The lowest BCUT2D eigenvalue weighted by atomic mass is 9.97. The first-order valence-corrected chi connectivity index (χ1v) is 8.11. The maximum absolute atomic E-state index is 10.2. The molecule has 1 atom stereocenters. The van der Waals surface area contributed by atoms with Gasteiger partial charge in [-0.25, -0.2) is 0 Å². The number of carboxylic acids is 1. The maximum atomic E-state index is 10.2. The van der Waals surface area contributed by atoms with E-state index in [0.29, 0.717) is 23.6 Å². The number of phenolic OH excluding ortho intramolecular Hbond substituents is 1. The van der Waals surface area contributed by atoms with Crippen molar-refractivity contribution in [3.8, 4) is 11.5 Å². The van der Waals surface area contributed by atoms with E-state index in [1.54, 1.807) is 12.1 Å². The Hall–Kier alpha value is -2.16. The van der Waals surface area contributed by atoms with Crippen LogP contribution in [-0.4, -0.2) is 48.2 Å². The second-order valence-corrected chi connectivity index (χ2v) is 5.63. The van der Waals surface area contributed by atoms with Gasteiger partial charge in [0.1, 0.15) is 12.3 Å². The molecule has 1 fully saturated rings. The van der Waals surface area contributed by atoms with Crippen molar-refractivity contribution in [3.05, 3.63) is 23.8 Å². The molecule has 1 aromatic rings. The van der Waals surface area contributed by atoms with E-state index in [1.165, 1.54) is 45.3 Å². The third-order valence-corrected chi connectivity index (χ3v) is 3.56. The predicted octanol–water partition coefficient (Wildman–Crippen LogP) is 0.848. The van der Waals surface area contributed by atoms with Gasteiger partial charge in [-0.3, -0.25) is 9.59 Å². The molecule has 8 N–H and O–H groups in total. The van der Waals surface area contributed by atoms with Gasteiger partial charge in [-0.05, 0) is 31.0 Å². The minimum atomic E-state index is -1.05. The molecule has 1 aromatic carbocycles. The summed E-state index contributed by atoms with van der Waals surface area (Å²) in [5, 5.41) is 17.1. The molecule has 0 radical (unpaired) electrons. The molecular formula is C17H29N3O5. The van der Waals surface area contributed by atoms with Crippen LogP contribution < -0.4 is 21.9 Å². The fourth-order valence-corrected chi connectivity index (χ4v) is 2.02. The van der Waals surface area contributed by atoms with Gasteiger partial charge in [0.25, 0.3) is 0 Å². The number of phenols is 1. The largest absolute Gasteiger partial charge is 0.504 e. The summed E-state index contributed by atoms with van der Waals surface area (Å²) in [5.41, 5.74) is 15.8. The maximum Gasteiger partial charge on any atom is 0.321 e. The third kappa shape index (κ3) is 10.3. The Labute approximate surface area is 147 Å². The topological polar surface area (TPSA) is 162 Å². The molecule has 0 aromatic heterocycles. The average molecular weight is 355 g/mol. The van der Waals surface area contributed by atoms with Crippen molar-refractivity contribution in [1.82, 2.24) is 0 Å². The van der Waals surface area contributed by atoms with Crippen molar-refractivity contribution in [2.45, 2.75) is 44.2 Å². The van der Waals surface area contributed by atoms with Crippen molar-refractivity contribution in [2.75, 3.05) is 13.7 Å². The third-order valence-electron chi connectivity index (χ3n) is 3.56. The van der Waals surface area contributed by atoms with E-state index < -0.39 is 12.0 Å². The van der Waals surface area contributed by atoms with E-state index in [9.17, 15) is 9.59 Å². The number of nitrogens with two attached hydrogens (primary N) is 3. The fourth-order valence-electron chi connectivity index (χ4n) is 2.02. The molecule has 0 saturated heterocycles. The van der Waals surface area contributed by atoms with Crippen molar-refractivity contribution in [2.24, 2.45) is 17.2 Å². The quantitative estimate of drug-likeness (QED) is 0.496. The highest BCUT2D eigenvalue weighted by molar-refractivity contribution is 5.76. The number of aromatic hydroxyl groups is 1. The Balaban J connectivity index is 0.000000362. The number of hydrogen-bond donors (Lipinski definition) is 5. The highest BCUT2D eigenvalue weighted by atomic mass is 16.5. The van der Waals surface area contributed by atoms with Crippen LogP contribution in [0, 0.1) is 0 Å². The van der Waals surface area contributed by atoms with Crippen LogP contribution in [0.25, 0.3) is 0 Å². The summed E-state index contributed by atoms with van der Waals surface area (Å²) >= 11 is 0. The van der Waals surface area contributed by atoms with Gasteiger partial charge in [-0.15, -0.1) is 0 Å². The number of methoxy groups -OCH3 is 1. The van der Waals surface area contributed by atoms with Crippen LogP contribution in [0.2, 0.25) is 0 Å². The number of aliphatic carboxylic acids is 1. The molecule has 2 rings (SSSR count). The van der Waals surface area contributed by atoms with Gasteiger partial charge in [0.15, 0.2) is 11.5 Å². The molecule has 1 saturated carbocycles. The summed E-state index contributed by atoms with van der Waals surface area (Å²) in [6.07, 6.45) is 7.33. The van der Waals surface area contributed by atoms with Crippen molar-refractivity contribution >= 4 is 12.3 Å². The summed E-state index contributed by atoms with van der Waals surface area (Å²) in [4.78, 5) is 19.9. The van der Waals surface area contributed by atoms with Crippen molar-refractivity contribution < 1.29 is 24.5 Å². The smallest absolute Gasteiger partial charge is 0.321 e. The number of carboxylic acid groups (broad SMARTS) is 1. The van der Waals surface area contributed by atoms with Crippen LogP contribution in [0.4, 0.5) is 0 Å². The Morgan fingerprint density at radius 3 is 2.24 bits per heavy atom. The number of aldehydes is 1. The molecule has 8 heteroatoms. The highest BCUT2D eigenvalue weighted by Crippen LogP contribution is 2.25. The van der Waals surface area contributed by atoms with Crippen molar-refractivity contribution in [3.63, 3.8) is 0 Å². The van der Waals surface area contributed by atoms with E-state index >= 15 is 0 Å². The minimum absolute atomic E-state index is 0.00463. The number of hydrogen-bond acceptors (Lipinski definition) is 7. The summed E-state index contributed by atoms with van der Waals surface area (Å²) < 4.78 is 4.78. The van der Waals surface area contributed by atoms with Crippen LogP contribution in [0.1, 0.15) is 42.5 Å². The Bertz CT molecular complexity index is 519.